The van der Waals surface area contributed by atoms with Gasteiger partial charge in [0.05, 0.1) is 16.5 Å². The number of esters is 1. The number of aromatic nitrogens is 2. The van der Waals surface area contributed by atoms with Gasteiger partial charge in [0.25, 0.3) is 5.56 Å². The molecule has 24 heavy (non-hydrogen) atoms. The summed E-state index contributed by atoms with van der Waals surface area (Å²) in [5, 5.41) is 0.509. The highest BCUT2D eigenvalue weighted by Crippen LogP contribution is 2.19. The molecule has 0 spiro atoms. The Morgan fingerprint density at radius 3 is 2.67 bits per heavy atom. The Labute approximate surface area is 139 Å². The van der Waals surface area contributed by atoms with Crippen LogP contribution in [0.15, 0.2) is 47.3 Å². The van der Waals surface area contributed by atoms with Crippen molar-refractivity contribution in [3.63, 3.8) is 0 Å². The molecule has 5 heteroatoms. The van der Waals surface area contributed by atoms with E-state index in [1.807, 2.05) is 32.0 Å². The van der Waals surface area contributed by atoms with Crippen LogP contribution in [0.2, 0.25) is 0 Å². The van der Waals surface area contributed by atoms with Gasteiger partial charge in [0, 0.05) is 0 Å². The SMILES string of the molecule is Cc1cccc(C(=O)O[C@@H](C)c2nc3ccccc3c(=O)[nH]2)c1C. The molecule has 0 amide bonds. The van der Waals surface area contributed by atoms with Crippen LogP contribution in [0.4, 0.5) is 0 Å². The molecular weight excluding hydrogens is 304 g/mol. The smallest absolute Gasteiger partial charge is 0.339 e. The van der Waals surface area contributed by atoms with Crippen LogP contribution < -0.4 is 5.56 Å². The summed E-state index contributed by atoms with van der Waals surface area (Å²) in [5.41, 5.74) is 2.75. The molecule has 0 unspecified atom stereocenters. The third-order valence-corrected chi connectivity index (χ3v) is 4.12. The topological polar surface area (TPSA) is 72.0 Å². The van der Waals surface area contributed by atoms with Crippen LogP contribution >= 0.6 is 0 Å². The van der Waals surface area contributed by atoms with Crippen molar-refractivity contribution in [2.24, 2.45) is 0 Å². The third-order valence-electron chi connectivity index (χ3n) is 4.12. The Kier molecular flexibility index (Phi) is 4.16. The average molecular weight is 322 g/mol. The summed E-state index contributed by atoms with van der Waals surface area (Å²) in [6.07, 6.45) is -0.658. The molecule has 0 radical (unpaired) electrons. The molecule has 1 heterocycles. The second-order valence-electron chi connectivity index (χ2n) is 5.76. The number of nitrogens with zero attached hydrogens (tertiary/aromatic N) is 1. The second kappa shape index (κ2) is 6.28. The summed E-state index contributed by atoms with van der Waals surface area (Å²) in [4.78, 5) is 31.6. The average Bonchev–Trinajstić information content (AvgIpc) is 2.57. The van der Waals surface area contributed by atoms with Crippen molar-refractivity contribution in [1.29, 1.82) is 0 Å². The predicted octanol–water partition coefficient (Wildman–Crippen LogP) is 3.46. The van der Waals surface area contributed by atoms with E-state index in [1.54, 1.807) is 31.2 Å². The highest BCUT2D eigenvalue weighted by molar-refractivity contribution is 5.91. The molecule has 1 atom stereocenters. The van der Waals surface area contributed by atoms with E-state index in [1.165, 1.54) is 0 Å². The largest absolute Gasteiger partial charge is 0.451 e. The molecule has 0 aliphatic carbocycles. The van der Waals surface area contributed by atoms with Crippen molar-refractivity contribution in [3.05, 3.63) is 75.3 Å². The number of hydrogen-bond acceptors (Lipinski definition) is 4. The molecule has 1 N–H and O–H groups in total. The van der Waals surface area contributed by atoms with Crippen LogP contribution in [-0.2, 0) is 4.74 Å². The fourth-order valence-corrected chi connectivity index (χ4v) is 2.55. The number of ether oxygens (including phenoxy) is 1. The molecule has 0 aliphatic heterocycles. The minimum atomic E-state index is -0.658. The molecule has 0 saturated carbocycles. The van der Waals surface area contributed by atoms with Crippen molar-refractivity contribution >= 4 is 16.9 Å². The van der Waals surface area contributed by atoms with Gasteiger partial charge in [-0.05, 0) is 50.1 Å². The van der Waals surface area contributed by atoms with Gasteiger partial charge in [-0.3, -0.25) is 4.79 Å². The number of benzene rings is 2. The molecule has 3 aromatic rings. The zero-order chi connectivity index (χ0) is 17.3. The maximum Gasteiger partial charge on any atom is 0.339 e. The Bertz CT molecular complexity index is 976. The number of hydrogen-bond donors (Lipinski definition) is 1. The van der Waals surface area contributed by atoms with Crippen molar-refractivity contribution in [1.82, 2.24) is 9.97 Å². The molecule has 2 aromatic carbocycles. The molecule has 122 valence electrons. The van der Waals surface area contributed by atoms with Crippen molar-refractivity contribution < 1.29 is 9.53 Å². The van der Waals surface area contributed by atoms with E-state index >= 15 is 0 Å². The quantitative estimate of drug-likeness (QED) is 0.750. The van der Waals surface area contributed by atoms with Gasteiger partial charge >= 0.3 is 5.97 Å². The van der Waals surface area contributed by atoms with Gasteiger partial charge in [-0.1, -0.05) is 24.3 Å². The number of aromatic amines is 1. The zero-order valence-corrected chi connectivity index (χ0v) is 13.8. The van der Waals surface area contributed by atoms with Crippen molar-refractivity contribution in [3.8, 4) is 0 Å². The Morgan fingerprint density at radius 2 is 1.88 bits per heavy atom. The van der Waals surface area contributed by atoms with Crippen LogP contribution in [0, 0.1) is 13.8 Å². The Hall–Kier alpha value is -2.95. The lowest BCUT2D eigenvalue weighted by Crippen LogP contribution is -2.18. The first-order valence-corrected chi connectivity index (χ1v) is 7.73. The molecule has 5 nitrogen and oxygen atoms in total. The standard InChI is InChI=1S/C19H18N2O3/c1-11-7-6-9-14(12(11)2)19(23)24-13(3)17-20-16-10-5-4-8-15(16)18(22)21-17/h4-10,13H,1-3H3,(H,20,21,22)/t13-/m0/s1. The molecular formula is C19H18N2O3. The van der Waals surface area contributed by atoms with Crippen molar-refractivity contribution in [2.45, 2.75) is 26.9 Å². The Balaban J connectivity index is 1.90. The fraction of sp³-hybridized carbons (Fsp3) is 0.211. The van der Waals surface area contributed by atoms with E-state index in [2.05, 4.69) is 9.97 Å². The number of para-hydroxylation sites is 1. The number of nitrogens with one attached hydrogen (secondary N) is 1. The highest BCUT2D eigenvalue weighted by Gasteiger charge is 2.18. The van der Waals surface area contributed by atoms with Gasteiger partial charge in [0.15, 0.2) is 11.9 Å². The number of carbonyl (C=O) groups excluding carboxylic acids is 1. The molecule has 3 rings (SSSR count). The number of fused-ring (bicyclic) bond motifs is 1. The minimum absolute atomic E-state index is 0.245. The van der Waals surface area contributed by atoms with E-state index in [4.69, 9.17) is 4.74 Å². The van der Waals surface area contributed by atoms with Crippen molar-refractivity contribution in [2.75, 3.05) is 0 Å². The summed E-state index contributed by atoms with van der Waals surface area (Å²) in [5.74, 6) is -0.100. The molecule has 0 saturated heterocycles. The zero-order valence-electron chi connectivity index (χ0n) is 13.8. The van der Waals surface area contributed by atoms with E-state index < -0.39 is 12.1 Å². The third kappa shape index (κ3) is 2.93. The normalized spacial score (nSPS) is 12.1. The van der Waals surface area contributed by atoms with Crippen LogP contribution in [-0.4, -0.2) is 15.9 Å². The molecule has 0 fully saturated rings. The van der Waals surface area contributed by atoms with E-state index in [9.17, 15) is 9.59 Å². The molecule has 1 aromatic heterocycles. The Morgan fingerprint density at radius 1 is 1.12 bits per heavy atom. The summed E-state index contributed by atoms with van der Waals surface area (Å²) in [6, 6.07) is 12.5. The first-order valence-electron chi connectivity index (χ1n) is 7.73. The van der Waals surface area contributed by atoms with Gasteiger partial charge in [-0.15, -0.1) is 0 Å². The lowest BCUT2D eigenvalue weighted by atomic mass is 10.0. The summed E-state index contributed by atoms with van der Waals surface area (Å²) >= 11 is 0. The summed E-state index contributed by atoms with van der Waals surface area (Å²) in [7, 11) is 0. The van der Waals surface area contributed by atoms with E-state index in [0.29, 0.717) is 22.3 Å². The highest BCUT2D eigenvalue weighted by atomic mass is 16.5. The van der Waals surface area contributed by atoms with Crippen LogP contribution in [0.5, 0.6) is 0 Å². The van der Waals surface area contributed by atoms with Crippen LogP contribution in [0.1, 0.15) is 40.3 Å². The minimum Gasteiger partial charge on any atom is -0.451 e. The second-order valence-corrected chi connectivity index (χ2v) is 5.76. The van der Waals surface area contributed by atoms with E-state index in [0.717, 1.165) is 11.1 Å². The van der Waals surface area contributed by atoms with Crippen LogP contribution in [0.3, 0.4) is 0 Å². The van der Waals surface area contributed by atoms with Gasteiger partial charge in [-0.2, -0.15) is 0 Å². The summed E-state index contributed by atoms with van der Waals surface area (Å²) in [6.45, 7) is 5.51. The van der Waals surface area contributed by atoms with Gasteiger partial charge in [0.2, 0.25) is 0 Å². The summed E-state index contributed by atoms with van der Waals surface area (Å²) < 4.78 is 5.49. The number of H-pyrrole nitrogens is 1. The van der Waals surface area contributed by atoms with E-state index in [-0.39, 0.29) is 5.56 Å². The lowest BCUT2D eigenvalue weighted by Gasteiger charge is -2.14. The molecule has 0 aliphatic rings. The first-order chi connectivity index (χ1) is 11.5. The predicted molar refractivity (Wildman–Crippen MR) is 92.1 cm³/mol. The number of carbonyl (C=O) groups is 1. The monoisotopic (exact) mass is 322 g/mol. The maximum absolute atomic E-state index is 12.4. The lowest BCUT2D eigenvalue weighted by molar-refractivity contribution is 0.0319. The molecule has 0 bridgehead atoms. The number of rotatable bonds is 3. The fourth-order valence-electron chi connectivity index (χ4n) is 2.55. The first kappa shape index (κ1) is 15.9. The van der Waals surface area contributed by atoms with Gasteiger partial charge in [0.1, 0.15) is 0 Å². The maximum atomic E-state index is 12.4. The van der Waals surface area contributed by atoms with Crippen LogP contribution in [0.25, 0.3) is 10.9 Å². The van der Waals surface area contributed by atoms with Gasteiger partial charge < -0.3 is 9.72 Å². The number of aryl methyl sites for hydroxylation is 1. The van der Waals surface area contributed by atoms with Gasteiger partial charge in [-0.25, -0.2) is 9.78 Å².